The van der Waals surface area contributed by atoms with Crippen molar-refractivity contribution < 1.29 is 18.3 Å². The van der Waals surface area contributed by atoms with Crippen molar-refractivity contribution in [1.82, 2.24) is 0 Å². The Morgan fingerprint density at radius 1 is 1.25 bits per heavy atom. The summed E-state index contributed by atoms with van der Waals surface area (Å²) in [4.78, 5) is 0. The molecule has 0 amide bonds. The number of nitrogens with two attached hydrogens (primary N) is 1. The van der Waals surface area contributed by atoms with Crippen LogP contribution in [-0.2, 0) is 11.2 Å². The minimum absolute atomic E-state index is 0.0961. The van der Waals surface area contributed by atoms with Crippen LogP contribution in [0.1, 0.15) is 32.3 Å². The third kappa shape index (κ3) is 5.06. The zero-order valence-corrected chi connectivity index (χ0v) is 12.3. The fourth-order valence-electron chi connectivity index (χ4n) is 1.83. The Morgan fingerprint density at radius 2 is 1.85 bits per heavy atom. The Hall–Kier alpha value is -1.20. The van der Waals surface area contributed by atoms with Gasteiger partial charge in [0.1, 0.15) is 0 Å². The van der Waals surface area contributed by atoms with E-state index >= 15 is 0 Å². The fraction of sp³-hybridized carbons (Fsp3) is 0.600. The number of methoxy groups -OCH3 is 1. The van der Waals surface area contributed by atoms with E-state index in [1.165, 1.54) is 12.1 Å². The van der Waals surface area contributed by atoms with Gasteiger partial charge in [0, 0.05) is 26.2 Å². The van der Waals surface area contributed by atoms with Crippen LogP contribution < -0.4 is 10.5 Å². The molecule has 0 heterocycles. The monoisotopic (exact) mass is 287 g/mol. The molecule has 5 heteroatoms. The lowest BCUT2D eigenvalue weighted by Crippen LogP contribution is -2.21. The van der Waals surface area contributed by atoms with Crippen molar-refractivity contribution in [2.24, 2.45) is 5.73 Å². The molecule has 2 unspecified atom stereocenters. The Labute approximate surface area is 119 Å². The lowest BCUT2D eigenvalue weighted by Gasteiger charge is -2.16. The van der Waals surface area contributed by atoms with E-state index in [1.54, 1.807) is 14.0 Å². The predicted octanol–water partition coefficient (Wildman–Crippen LogP) is 3.05. The third-order valence-electron chi connectivity index (χ3n) is 3.13. The van der Waals surface area contributed by atoms with E-state index in [-0.39, 0.29) is 17.9 Å². The second-order valence-corrected chi connectivity index (χ2v) is 4.97. The number of hydrogen-bond acceptors (Lipinski definition) is 3. The van der Waals surface area contributed by atoms with E-state index < -0.39 is 11.6 Å². The van der Waals surface area contributed by atoms with E-state index in [0.29, 0.717) is 25.0 Å². The summed E-state index contributed by atoms with van der Waals surface area (Å²) in [6.07, 6.45) is 1.46. The molecule has 0 aliphatic carbocycles. The number of hydrogen-bond donors (Lipinski definition) is 1. The van der Waals surface area contributed by atoms with Crippen molar-refractivity contribution >= 4 is 0 Å². The molecule has 0 aliphatic rings. The lowest BCUT2D eigenvalue weighted by molar-refractivity contribution is 0.128. The molecule has 0 fully saturated rings. The Balaban J connectivity index is 2.78. The van der Waals surface area contributed by atoms with E-state index in [9.17, 15) is 8.78 Å². The first-order valence-electron chi connectivity index (χ1n) is 6.87. The highest BCUT2D eigenvalue weighted by molar-refractivity contribution is 5.32. The summed E-state index contributed by atoms with van der Waals surface area (Å²) in [5.74, 6) is -1.71. The number of ether oxygens (including phenoxy) is 2. The molecular weight excluding hydrogens is 264 g/mol. The molecule has 2 atom stereocenters. The first-order valence-corrected chi connectivity index (χ1v) is 6.87. The van der Waals surface area contributed by atoms with Gasteiger partial charge in [0.15, 0.2) is 17.4 Å². The maximum atomic E-state index is 13.9. The van der Waals surface area contributed by atoms with Crippen LogP contribution in [0.5, 0.6) is 5.75 Å². The summed E-state index contributed by atoms with van der Waals surface area (Å²) in [7, 11) is 1.57. The minimum Gasteiger partial charge on any atom is -0.485 e. The molecule has 0 saturated heterocycles. The van der Waals surface area contributed by atoms with Crippen molar-refractivity contribution in [3.63, 3.8) is 0 Å². The molecule has 3 nitrogen and oxygen atoms in total. The Kier molecular flexibility index (Phi) is 6.88. The van der Waals surface area contributed by atoms with Crippen LogP contribution in [0, 0.1) is 11.6 Å². The molecule has 0 radical (unpaired) electrons. The van der Waals surface area contributed by atoms with Crippen LogP contribution in [-0.4, -0.2) is 25.9 Å². The fourth-order valence-corrected chi connectivity index (χ4v) is 1.83. The maximum absolute atomic E-state index is 13.9. The van der Waals surface area contributed by atoms with Crippen molar-refractivity contribution in [3.8, 4) is 5.75 Å². The van der Waals surface area contributed by atoms with E-state index in [2.05, 4.69) is 0 Å². The van der Waals surface area contributed by atoms with Gasteiger partial charge in [-0.2, -0.15) is 0 Å². The molecule has 0 aromatic heterocycles. The van der Waals surface area contributed by atoms with Crippen molar-refractivity contribution in [2.75, 3.05) is 13.7 Å². The SMILES string of the molecule is CCC(N)Cc1cc(F)c(OC(C)CCOC)c(F)c1. The first-order chi connectivity index (χ1) is 9.47. The summed E-state index contributed by atoms with van der Waals surface area (Å²) in [5.41, 5.74) is 6.34. The quantitative estimate of drug-likeness (QED) is 0.799. The summed E-state index contributed by atoms with van der Waals surface area (Å²) in [6.45, 7) is 4.17. The van der Waals surface area contributed by atoms with Crippen LogP contribution in [0.2, 0.25) is 0 Å². The lowest BCUT2D eigenvalue weighted by atomic mass is 10.0. The average Bonchev–Trinajstić information content (AvgIpc) is 2.40. The topological polar surface area (TPSA) is 44.5 Å². The van der Waals surface area contributed by atoms with Gasteiger partial charge in [0.2, 0.25) is 0 Å². The van der Waals surface area contributed by atoms with Gasteiger partial charge in [0.05, 0.1) is 6.10 Å². The maximum Gasteiger partial charge on any atom is 0.191 e. The molecule has 2 N–H and O–H groups in total. The van der Waals surface area contributed by atoms with Gasteiger partial charge >= 0.3 is 0 Å². The molecule has 0 aliphatic heterocycles. The molecule has 114 valence electrons. The highest BCUT2D eigenvalue weighted by atomic mass is 19.1. The van der Waals surface area contributed by atoms with Gasteiger partial charge in [-0.25, -0.2) is 8.78 Å². The summed E-state index contributed by atoms with van der Waals surface area (Å²) in [5, 5.41) is 0. The largest absolute Gasteiger partial charge is 0.485 e. The van der Waals surface area contributed by atoms with Crippen molar-refractivity contribution in [3.05, 3.63) is 29.3 Å². The number of benzene rings is 1. The second-order valence-electron chi connectivity index (χ2n) is 4.97. The number of rotatable bonds is 8. The van der Waals surface area contributed by atoms with Crippen LogP contribution in [0.3, 0.4) is 0 Å². The second kappa shape index (κ2) is 8.17. The van der Waals surface area contributed by atoms with Gasteiger partial charge in [-0.1, -0.05) is 6.92 Å². The van der Waals surface area contributed by atoms with Crippen LogP contribution in [0.25, 0.3) is 0 Å². The van der Waals surface area contributed by atoms with Crippen molar-refractivity contribution in [1.29, 1.82) is 0 Å². The molecular formula is C15H23F2NO2. The highest BCUT2D eigenvalue weighted by Gasteiger charge is 2.16. The molecule has 0 bridgehead atoms. The van der Waals surface area contributed by atoms with Crippen LogP contribution >= 0.6 is 0 Å². The first kappa shape index (κ1) is 16.9. The third-order valence-corrected chi connectivity index (χ3v) is 3.13. The summed E-state index contributed by atoms with van der Waals surface area (Å²) in [6, 6.07) is 2.48. The molecule has 0 saturated carbocycles. The molecule has 1 aromatic rings. The standard InChI is InChI=1S/C15H23F2NO2/c1-4-12(18)7-11-8-13(16)15(14(17)9-11)20-10(2)5-6-19-3/h8-10,12H,4-7,18H2,1-3H3. The molecule has 0 spiro atoms. The Morgan fingerprint density at radius 3 is 2.35 bits per heavy atom. The van der Waals surface area contributed by atoms with Gasteiger partial charge < -0.3 is 15.2 Å². The van der Waals surface area contributed by atoms with Gasteiger partial charge in [-0.15, -0.1) is 0 Å². The van der Waals surface area contributed by atoms with Crippen LogP contribution in [0.4, 0.5) is 8.78 Å². The smallest absolute Gasteiger partial charge is 0.191 e. The minimum atomic E-state index is -0.687. The van der Waals surface area contributed by atoms with Gasteiger partial charge in [-0.05, 0) is 37.5 Å². The normalized spacial score (nSPS) is 14.1. The van der Waals surface area contributed by atoms with Gasteiger partial charge in [-0.3, -0.25) is 0 Å². The van der Waals surface area contributed by atoms with Crippen molar-refractivity contribution in [2.45, 2.75) is 45.3 Å². The highest BCUT2D eigenvalue weighted by Crippen LogP contribution is 2.25. The van der Waals surface area contributed by atoms with E-state index in [4.69, 9.17) is 15.2 Å². The molecule has 1 rings (SSSR count). The number of halogens is 2. The zero-order valence-electron chi connectivity index (χ0n) is 12.3. The predicted molar refractivity (Wildman–Crippen MR) is 74.9 cm³/mol. The molecule has 20 heavy (non-hydrogen) atoms. The Bertz CT molecular complexity index is 403. The average molecular weight is 287 g/mol. The van der Waals surface area contributed by atoms with E-state index in [1.807, 2.05) is 6.92 Å². The zero-order chi connectivity index (χ0) is 15.1. The van der Waals surface area contributed by atoms with E-state index in [0.717, 1.165) is 6.42 Å². The molecule has 1 aromatic carbocycles. The van der Waals surface area contributed by atoms with Gasteiger partial charge in [0.25, 0.3) is 0 Å². The summed E-state index contributed by atoms with van der Waals surface area (Å²) >= 11 is 0. The summed E-state index contributed by atoms with van der Waals surface area (Å²) < 4.78 is 38.0. The van der Waals surface area contributed by atoms with Crippen LogP contribution in [0.15, 0.2) is 12.1 Å².